The molecule has 0 saturated carbocycles. The van der Waals surface area contributed by atoms with Crippen LogP contribution in [0.4, 0.5) is 10.7 Å². The van der Waals surface area contributed by atoms with Gasteiger partial charge in [-0.1, -0.05) is 19.1 Å². The maximum atomic E-state index is 13.1. The number of amides is 2. The Morgan fingerprint density at radius 3 is 2.69 bits per heavy atom. The molecule has 2 N–H and O–H groups in total. The highest BCUT2D eigenvalue weighted by Crippen LogP contribution is 2.40. The zero-order valence-corrected chi connectivity index (χ0v) is 17.2. The quantitative estimate of drug-likeness (QED) is 0.723. The van der Waals surface area contributed by atoms with Crippen LogP contribution < -0.4 is 20.5 Å². The maximum Gasteiger partial charge on any atom is 0.259 e. The van der Waals surface area contributed by atoms with Gasteiger partial charge in [0.25, 0.3) is 5.91 Å². The van der Waals surface area contributed by atoms with Gasteiger partial charge < -0.3 is 25.3 Å². The van der Waals surface area contributed by atoms with Gasteiger partial charge in [0.05, 0.1) is 18.4 Å². The predicted octanol–water partition coefficient (Wildman–Crippen LogP) is 2.60. The lowest BCUT2D eigenvalue weighted by atomic mass is 9.88. The number of nitrogens with one attached hydrogen (secondary N) is 2. The summed E-state index contributed by atoms with van der Waals surface area (Å²) in [6.45, 7) is 2.16. The van der Waals surface area contributed by atoms with E-state index >= 15 is 0 Å². The minimum absolute atomic E-state index is 0.200. The molecule has 3 rings (SSSR count). The summed E-state index contributed by atoms with van der Waals surface area (Å²) in [6, 6.07) is 7.11. The molecule has 1 aliphatic carbocycles. The lowest BCUT2D eigenvalue weighted by molar-refractivity contribution is -0.305. The second-order valence-electron chi connectivity index (χ2n) is 7.13. The fourth-order valence-electron chi connectivity index (χ4n) is 3.42. The minimum atomic E-state index is -1.28. The number of thiophene rings is 1. The molecule has 154 valence electrons. The summed E-state index contributed by atoms with van der Waals surface area (Å²) in [4.78, 5) is 37.0. The molecule has 0 radical (unpaired) electrons. The van der Waals surface area contributed by atoms with E-state index < -0.39 is 11.9 Å². The van der Waals surface area contributed by atoms with Crippen molar-refractivity contribution in [3.63, 3.8) is 0 Å². The van der Waals surface area contributed by atoms with Crippen LogP contribution in [0, 0.1) is 5.92 Å². The number of ether oxygens (including phenoxy) is 1. The number of hydrogen-bond donors (Lipinski definition) is 2. The van der Waals surface area contributed by atoms with Crippen molar-refractivity contribution in [2.45, 2.75) is 39.0 Å². The topological polar surface area (TPSA) is 108 Å². The number of carboxylic acids is 1. The van der Waals surface area contributed by atoms with Gasteiger partial charge in [-0.3, -0.25) is 9.59 Å². The first kappa shape index (κ1) is 20.9. The number of para-hydroxylation sites is 2. The molecule has 8 heteroatoms. The normalized spacial score (nSPS) is 15.3. The van der Waals surface area contributed by atoms with E-state index in [9.17, 15) is 19.5 Å². The second-order valence-corrected chi connectivity index (χ2v) is 8.24. The lowest BCUT2D eigenvalue weighted by Crippen LogP contribution is -2.24. The molecule has 1 heterocycles. The molecule has 1 aliphatic rings. The van der Waals surface area contributed by atoms with Gasteiger partial charge in [-0.15, -0.1) is 11.3 Å². The Kier molecular flexibility index (Phi) is 6.53. The van der Waals surface area contributed by atoms with Crippen molar-refractivity contribution >= 4 is 39.8 Å². The van der Waals surface area contributed by atoms with Gasteiger partial charge in [0.15, 0.2) is 0 Å². The first-order valence-corrected chi connectivity index (χ1v) is 10.3. The summed E-state index contributed by atoms with van der Waals surface area (Å²) in [5.74, 6) is -1.01. The van der Waals surface area contributed by atoms with Crippen molar-refractivity contribution in [1.29, 1.82) is 0 Å². The van der Waals surface area contributed by atoms with E-state index in [1.807, 2.05) is 6.07 Å². The van der Waals surface area contributed by atoms with Crippen LogP contribution >= 0.6 is 11.3 Å². The van der Waals surface area contributed by atoms with Gasteiger partial charge in [0, 0.05) is 17.3 Å². The molecule has 1 atom stereocenters. The van der Waals surface area contributed by atoms with E-state index in [1.165, 1.54) is 18.4 Å². The van der Waals surface area contributed by atoms with Crippen molar-refractivity contribution in [1.82, 2.24) is 0 Å². The smallest absolute Gasteiger partial charge is 0.259 e. The summed E-state index contributed by atoms with van der Waals surface area (Å²) in [5, 5.41) is 16.7. The molecule has 0 aliphatic heterocycles. The molecule has 7 nitrogen and oxygen atoms in total. The highest BCUT2D eigenvalue weighted by molar-refractivity contribution is 7.17. The van der Waals surface area contributed by atoms with E-state index in [0.29, 0.717) is 27.9 Å². The number of rotatable bonds is 7. The highest BCUT2D eigenvalue weighted by atomic mass is 32.1. The number of carboxylic acid groups (broad SMARTS) is 1. The fraction of sp³-hybridized carbons (Fsp3) is 0.381. The first-order chi connectivity index (χ1) is 13.9. The van der Waals surface area contributed by atoms with Crippen molar-refractivity contribution in [2.24, 2.45) is 5.92 Å². The van der Waals surface area contributed by atoms with Gasteiger partial charge in [0.2, 0.25) is 5.91 Å². The average molecular weight is 415 g/mol. The molecule has 1 aromatic carbocycles. The van der Waals surface area contributed by atoms with Crippen LogP contribution in [0.1, 0.15) is 47.0 Å². The van der Waals surface area contributed by atoms with Crippen molar-refractivity contribution in [3.05, 3.63) is 40.3 Å². The van der Waals surface area contributed by atoms with E-state index in [2.05, 4.69) is 17.6 Å². The third-order valence-electron chi connectivity index (χ3n) is 4.90. The van der Waals surface area contributed by atoms with Crippen LogP contribution in [0.25, 0.3) is 0 Å². The standard InChI is InChI=1S/C21H24N2O5S/c1-12-7-8-13-16(11-12)29-21(23-17(24)9-10-18(25)26)19(13)20(27)22-14-5-3-4-6-15(14)28-2/h3-6,12H,7-11H2,1-2H3,(H,22,27)(H,23,24)(H,25,26)/p-1. The molecular formula is C21H23N2O5S-. The Morgan fingerprint density at radius 1 is 1.21 bits per heavy atom. The molecule has 2 aromatic rings. The molecule has 0 spiro atoms. The van der Waals surface area contributed by atoms with E-state index in [4.69, 9.17) is 4.74 Å². The predicted molar refractivity (Wildman–Crippen MR) is 109 cm³/mol. The zero-order valence-electron chi connectivity index (χ0n) is 16.4. The zero-order chi connectivity index (χ0) is 21.0. The van der Waals surface area contributed by atoms with E-state index in [0.717, 1.165) is 29.7 Å². The Hall–Kier alpha value is -2.87. The Labute approximate surface area is 173 Å². The van der Waals surface area contributed by atoms with Gasteiger partial charge >= 0.3 is 0 Å². The van der Waals surface area contributed by atoms with Crippen LogP contribution in [-0.4, -0.2) is 24.9 Å². The number of methoxy groups -OCH3 is 1. The molecule has 1 unspecified atom stereocenters. The Bertz CT molecular complexity index is 937. The monoisotopic (exact) mass is 415 g/mol. The lowest BCUT2D eigenvalue weighted by Gasteiger charge is -2.19. The van der Waals surface area contributed by atoms with Crippen LogP contribution in [0.5, 0.6) is 5.75 Å². The fourth-order valence-corrected chi connectivity index (χ4v) is 4.84. The highest BCUT2D eigenvalue weighted by Gasteiger charge is 2.28. The molecule has 1 aromatic heterocycles. The van der Waals surface area contributed by atoms with Gasteiger partial charge in [-0.2, -0.15) is 0 Å². The molecule has 0 fully saturated rings. The molecule has 0 bridgehead atoms. The summed E-state index contributed by atoms with van der Waals surface area (Å²) in [5.41, 5.74) is 1.94. The van der Waals surface area contributed by atoms with Crippen LogP contribution in [0.15, 0.2) is 24.3 Å². The van der Waals surface area contributed by atoms with Gasteiger partial charge in [-0.05, 0) is 49.3 Å². The number of hydrogen-bond acceptors (Lipinski definition) is 6. The van der Waals surface area contributed by atoms with Crippen molar-refractivity contribution in [2.75, 3.05) is 17.7 Å². The van der Waals surface area contributed by atoms with Crippen LogP contribution in [0.2, 0.25) is 0 Å². The SMILES string of the molecule is COc1ccccc1NC(=O)c1c(NC(=O)CCC(=O)[O-])sc2c1CCC(C)C2. The van der Waals surface area contributed by atoms with E-state index in [1.54, 1.807) is 18.2 Å². The van der Waals surface area contributed by atoms with Crippen LogP contribution in [0.3, 0.4) is 0 Å². The second kappa shape index (κ2) is 9.09. The summed E-state index contributed by atoms with van der Waals surface area (Å²) in [7, 11) is 1.53. The Balaban J connectivity index is 1.90. The summed E-state index contributed by atoms with van der Waals surface area (Å²) < 4.78 is 5.30. The summed E-state index contributed by atoms with van der Waals surface area (Å²) in [6.07, 6.45) is 2.02. The number of carbonyl (C=O) groups is 3. The number of fused-ring (bicyclic) bond motifs is 1. The third-order valence-corrected chi connectivity index (χ3v) is 6.07. The summed E-state index contributed by atoms with van der Waals surface area (Å²) >= 11 is 1.39. The van der Waals surface area contributed by atoms with E-state index in [-0.39, 0.29) is 18.7 Å². The van der Waals surface area contributed by atoms with Crippen molar-refractivity contribution < 1.29 is 24.2 Å². The Morgan fingerprint density at radius 2 is 1.97 bits per heavy atom. The van der Waals surface area contributed by atoms with Crippen molar-refractivity contribution in [3.8, 4) is 5.75 Å². The molecule has 2 amide bonds. The number of carbonyl (C=O) groups excluding carboxylic acids is 3. The number of anilines is 2. The molecular weight excluding hydrogens is 392 g/mol. The number of aliphatic carboxylic acids is 1. The molecule has 29 heavy (non-hydrogen) atoms. The maximum absolute atomic E-state index is 13.1. The largest absolute Gasteiger partial charge is 0.550 e. The first-order valence-electron chi connectivity index (χ1n) is 9.47. The molecule has 0 saturated heterocycles. The van der Waals surface area contributed by atoms with Crippen LogP contribution in [-0.2, 0) is 22.4 Å². The average Bonchev–Trinajstić information content (AvgIpc) is 3.03. The van der Waals surface area contributed by atoms with Gasteiger partial charge in [0.1, 0.15) is 10.8 Å². The third kappa shape index (κ3) is 4.95. The van der Waals surface area contributed by atoms with Gasteiger partial charge in [-0.25, -0.2) is 0 Å². The minimum Gasteiger partial charge on any atom is -0.550 e. The number of benzene rings is 1.